The first kappa shape index (κ1) is 37.0. The molecule has 0 radical (unpaired) electrons. The minimum atomic E-state index is -2.82. The Morgan fingerprint density at radius 2 is 1.39 bits per heavy atom. The Labute approximate surface area is 309 Å². The van der Waals surface area contributed by atoms with Gasteiger partial charge in [0.05, 0.1) is 25.9 Å². The lowest BCUT2D eigenvalue weighted by Gasteiger charge is -2.46. The Morgan fingerprint density at radius 1 is 0.784 bits per heavy atom. The zero-order valence-corrected chi connectivity index (χ0v) is 31.8. The van der Waals surface area contributed by atoms with Crippen LogP contribution in [0.3, 0.4) is 0 Å². The molecule has 0 aliphatic carbocycles. The van der Waals surface area contributed by atoms with Gasteiger partial charge in [-0.25, -0.2) is 0 Å². The van der Waals surface area contributed by atoms with E-state index in [9.17, 15) is 5.11 Å². The third-order valence-electron chi connectivity index (χ3n) is 9.82. The molecule has 0 amide bonds. The molecule has 0 spiro atoms. The summed E-state index contributed by atoms with van der Waals surface area (Å²) in [5, 5.41) is 15.5. The predicted octanol–water partition coefficient (Wildman–Crippen LogP) is 8.82. The van der Waals surface area contributed by atoms with E-state index in [-0.39, 0.29) is 11.1 Å². The molecule has 3 unspecified atom stereocenters. The van der Waals surface area contributed by atoms with E-state index in [0.29, 0.717) is 49.7 Å². The van der Waals surface area contributed by atoms with Gasteiger partial charge in [0.25, 0.3) is 8.32 Å². The van der Waals surface area contributed by atoms with Gasteiger partial charge in [-0.2, -0.15) is 0 Å². The fourth-order valence-corrected chi connectivity index (χ4v) is 12.0. The Hall–Kier alpha value is -3.75. The van der Waals surface area contributed by atoms with Crippen LogP contribution in [0.1, 0.15) is 62.8 Å². The molecule has 1 heterocycles. The van der Waals surface area contributed by atoms with Crippen LogP contribution < -0.4 is 15.1 Å². The smallest absolute Gasteiger partial charge is 0.261 e. The van der Waals surface area contributed by atoms with Crippen molar-refractivity contribution in [2.24, 2.45) is 0 Å². The Kier molecular flexibility index (Phi) is 11.8. The number of aliphatic hydroxyl groups is 1. The van der Waals surface area contributed by atoms with Crippen LogP contribution in [-0.4, -0.2) is 38.8 Å². The highest BCUT2D eigenvalue weighted by molar-refractivity contribution is 6.99. The topological polar surface area (TPSA) is 57.2 Å². The van der Waals surface area contributed by atoms with E-state index in [1.54, 1.807) is 0 Å². The van der Waals surface area contributed by atoms with E-state index >= 15 is 0 Å². The third kappa shape index (κ3) is 8.33. The van der Waals surface area contributed by atoms with E-state index in [1.807, 2.05) is 91.9 Å². The normalized spacial score (nSPS) is 19.5. The Morgan fingerprint density at radius 3 is 1.98 bits per heavy atom. The molecule has 1 saturated heterocycles. The average Bonchev–Trinajstić information content (AvgIpc) is 3.14. The van der Waals surface area contributed by atoms with Crippen molar-refractivity contribution in [3.8, 4) is 5.75 Å². The van der Waals surface area contributed by atoms with Crippen LogP contribution in [0.4, 0.5) is 0 Å². The van der Waals surface area contributed by atoms with Crippen LogP contribution in [0.25, 0.3) is 0 Å². The number of benzene rings is 5. The van der Waals surface area contributed by atoms with Gasteiger partial charge in [0.15, 0.2) is 0 Å². The number of halogens is 1. The van der Waals surface area contributed by atoms with Gasteiger partial charge in [-0.05, 0) is 82.6 Å². The molecule has 0 saturated carbocycles. The molecule has 7 heteroatoms. The zero-order chi connectivity index (χ0) is 35.9. The number of rotatable bonds is 13. The van der Waals surface area contributed by atoms with Gasteiger partial charge in [0.1, 0.15) is 11.9 Å². The summed E-state index contributed by atoms with van der Waals surface area (Å²) in [4.78, 5) is 0. The number of ether oxygens (including phenoxy) is 3. The van der Waals surface area contributed by atoms with Crippen molar-refractivity contribution in [2.75, 3.05) is 13.2 Å². The van der Waals surface area contributed by atoms with Crippen molar-refractivity contribution < 1.29 is 23.7 Å². The first-order valence-corrected chi connectivity index (χ1v) is 20.2. The zero-order valence-electron chi connectivity index (χ0n) is 30.1. The van der Waals surface area contributed by atoms with Crippen molar-refractivity contribution in [3.05, 3.63) is 161 Å². The Balaban J connectivity index is 1.31. The molecule has 0 aromatic heterocycles. The molecule has 6 rings (SSSR count). The second kappa shape index (κ2) is 16.3. The molecular weight excluding hydrogens is 672 g/mol. The van der Waals surface area contributed by atoms with Gasteiger partial charge >= 0.3 is 0 Å². The fourth-order valence-electron chi connectivity index (χ4n) is 7.26. The van der Waals surface area contributed by atoms with Crippen molar-refractivity contribution in [3.63, 3.8) is 0 Å². The van der Waals surface area contributed by atoms with Crippen LogP contribution in [0.2, 0.25) is 10.1 Å². The molecule has 5 aromatic rings. The third-order valence-corrected chi connectivity index (χ3v) is 15.2. The maximum Gasteiger partial charge on any atom is 0.261 e. The van der Waals surface area contributed by atoms with E-state index in [1.165, 1.54) is 10.4 Å². The van der Waals surface area contributed by atoms with Crippen LogP contribution in [0.15, 0.2) is 133 Å². The minimum absolute atomic E-state index is 0.187. The molecule has 266 valence electrons. The molecular formula is C44H49ClO5Si. The second-order valence-corrected chi connectivity index (χ2v) is 19.0. The first-order chi connectivity index (χ1) is 24.6. The van der Waals surface area contributed by atoms with Crippen molar-refractivity contribution in [1.82, 2.24) is 0 Å². The van der Waals surface area contributed by atoms with Crippen molar-refractivity contribution in [1.29, 1.82) is 0 Å². The largest absolute Gasteiger partial charge is 0.494 e. The summed E-state index contributed by atoms with van der Waals surface area (Å²) in [5.74, 6) is -0.902. The number of hydrogen-bond acceptors (Lipinski definition) is 5. The van der Waals surface area contributed by atoms with Gasteiger partial charge in [0, 0.05) is 10.6 Å². The summed E-state index contributed by atoms with van der Waals surface area (Å²) in [7, 11) is -2.82. The molecule has 1 fully saturated rings. The summed E-state index contributed by atoms with van der Waals surface area (Å²) in [5.41, 5.74) is 3.62. The second-order valence-electron chi connectivity index (χ2n) is 14.3. The highest BCUT2D eigenvalue weighted by Gasteiger charge is 2.52. The lowest BCUT2D eigenvalue weighted by Crippen LogP contribution is -2.67. The minimum Gasteiger partial charge on any atom is -0.494 e. The van der Waals surface area contributed by atoms with Gasteiger partial charge in [-0.15, -0.1) is 0 Å². The molecule has 0 bridgehead atoms. The molecule has 1 N–H and O–H groups in total. The lowest BCUT2D eigenvalue weighted by atomic mass is 9.90. The van der Waals surface area contributed by atoms with Crippen LogP contribution in [-0.2, 0) is 32.7 Å². The molecule has 3 atom stereocenters. The summed E-state index contributed by atoms with van der Waals surface area (Å²) in [6.45, 7) is 10.1. The fraction of sp³-hybridized carbons (Fsp3) is 0.318. The summed E-state index contributed by atoms with van der Waals surface area (Å²) in [6, 6.07) is 44.9. The van der Waals surface area contributed by atoms with Crippen LogP contribution in [0.5, 0.6) is 5.75 Å². The molecule has 51 heavy (non-hydrogen) atoms. The predicted molar refractivity (Wildman–Crippen MR) is 208 cm³/mol. The highest BCUT2D eigenvalue weighted by Crippen LogP contribution is 2.42. The summed E-state index contributed by atoms with van der Waals surface area (Å²) in [6.07, 6.45) is 0.868. The van der Waals surface area contributed by atoms with E-state index in [0.717, 1.165) is 22.4 Å². The SMILES string of the molecule is CCOc1ccc(Cc2cc(C3(O)OC(CO[Si](c4ccccc4)(c4ccccc4)C(C)(C)C)CCC3OCc3ccccc3)ccc2Cl)cc1. The Bertz CT molecular complexity index is 1790. The summed E-state index contributed by atoms with van der Waals surface area (Å²) < 4.78 is 26.2. The van der Waals surface area contributed by atoms with E-state index in [4.69, 9.17) is 30.2 Å². The van der Waals surface area contributed by atoms with Crippen molar-refractivity contribution in [2.45, 2.75) is 76.6 Å². The van der Waals surface area contributed by atoms with E-state index in [2.05, 4.69) is 69.3 Å². The van der Waals surface area contributed by atoms with Gasteiger partial charge in [0.2, 0.25) is 5.79 Å². The molecule has 1 aliphatic heterocycles. The highest BCUT2D eigenvalue weighted by atomic mass is 35.5. The van der Waals surface area contributed by atoms with Gasteiger partial charge in [-0.3, -0.25) is 0 Å². The molecule has 5 aromatic carbocycles. The first-order valence-electron chi connectivity index (χ1n) is 17.9. The van der Waals surface area contributed by atoms with Crippen LogP contribution in [0, 0.1) is 0 Å². The van der Waals surface area contributed by atoms with E-state index < -0.39 is 20.2 Å². The van der Waals surface area contributed by atoms with Gasteiger partial charge in [-0.1, -0.05) is 142 Å². The molecule has 1 aliphatic rings. The standard InChI is InChI=1S/C44H49ClO5Si/c1-5-47-37-24-21-33(22-25-37)29-35-30-36(23-27-41(35)45)44(46)42(48-31-34-15-9-6-10-16-34)28-26-38(50-44)32-49-51(43(2,3)4,39-17-11-7-12-18-39)40-19-13-8-14-20-40/h6-25,27,30,38,42,46H,5,26,28-29,31-32H2,1-4H3. The maximum atomic E-state index is 12.7. The quantitative estimate of drug-likeness (QED) is 0.123. The number of hydrogen-bond donors (Lipinski definition) is 1. The van der Waals surface area contributed by atoms with Crippen molar-refractivity contribution >= 4 is 30.3 Å². The van der Waals surface area contributed by atoms with Crippen LogP contribution >= 0.6 is 11.6 Å². The lowest BCUT2D eigenvalue weighted by molar-refractivity contribution is -0.322. The molecule has 5 nitrogen and oxygen atoms in total. The average molecular weight is 721 g/mol. The summed E-state index contributed by atoms with van der Waals surface area (Å²) >= 11 is 6.78. The van der Waals surface area contributed by atoms with Gasteiger partial charge < -0.3 is 23.7 Å². The maximum absolute atomic E-state index is 12.7. The monoisotopic (exact) mass is 720 g/mol.